The summed E-state index contributed by atoms with van der Waals surface area (Å²) >= 11 is 0. The predicted molar refractivity (Wildman–Crippen MR) is 57.8 cm³/mol. The number of imidazole rings is 1. The second-order valence-corrected chi connectivity index (χ2v) is 4.05. The lowest BCUT2D eigenvalue weighted by Gasteiger charge is -2.20. The van der Waals surface area contributed by atoms with Crippen molar-refractivity contribution in [2.24, 2.45) is 0 Å². The molecule has 15 heavy (non-hydrogen) atoms. The molecule has 0 aliphatic carbocycles. The van der Waals surface area contributed by atoms with Crippen LogP contribution in [-0.4, -0.2) is 27.5 Å². The first kappa shape index (κ1) is 8.85. The number of piperidine rings is 1. The third-order valence-corrected chi connectivity index (χ3v) is 3.00. The fourth-order valence-electron chi connectivity index (χ4n) is 2.16. The molecule has 1 atom stereocenters. The average Bonchev–Trinajstić information content (AvgIpc) is 2.74. The summed E-state index contributed by atoms with van der Waals surface area (Å²) in [6, 6.07) is 1.94. The molecule has 2 aromatic rings. The van der Waals surface area contributed by atoms with E-state index in [4.69, 9.17) is 0 Å². The second-order valence-electron chi connectivity index (χ2n) is 4.05. The molecule has 0 radical (unpaired) electrons. The van der Waals surface area contributed by atoms with Crippen molar-refractivity contribution in [1.82, 2.24) is 19.7 Å². The minimum atomic E-state index is 0.568. The summed E-state index contributed by atoms with van der Waals surface area (Å²) in [5.74, 6) is 0.568. The van der Waals surface area contributed by atoms with Gasteiger partial charge in [-0.15, -0.1) is 0 Å². The van der Waals surface area contributed by atoms with Crippen LogP contribution in [0.3, 0.4) is 0 Å². The maximum atomic E-state index is 4.62. The molecule has 1 aliphatic rings. The van der Waals surface area contributed by atoms with Gasteiger partial charge in [-0.25, -0.2) is 9.97 Å². The lowest BCUT2D eigenvalue weighted by Crippen LogP contribution is -2.28. The van der Waals surface area contributed by atoms with Crippen LogP contribution in [0.4, 0.5) is 0 Å². The van der Waals surface area contributed by atoms with Gasteiger partial charge >= 0.3 is 0 Å². The van der Waals surface area contributed by atoms with Crippen molar-refractivity contribution in [3.8, 4) is 0 Å². The van der Waals surface area contributed by atoms with Crippen LogP contribution < -0.4 is 5.32 Å². The van der Waals surface area contributed by atoms with Crippen molar-refractivity contribution >= 4 is 5.65 Å². The van der Waals surface area contributed by atoms with E-state index in [1.165, 1.54) is 18.5 Å². The first-order valence-corrected chi connectivity index (χ1v) is 5.43. The number of rotatable bonds is 1. The van der Waals surface area contributed by atoms with Crippen LogP contribution in [0, 0.1) is 0 Å². The first-order chi connectivity index (χ1) is 7.43. The Bertz CT molecular complexity index is 423. The normalized spacial score (nSPS) is 22.0. The van der Waals surface area contributed by atoms with Gasteiger partial charge in [-0.1, -0.05) is 0 Å². The standard InChI is InChI=1S/C11H14N4/c1-2-9(6-12-4-1)10-7-15-8-13-5-3-11(15)14-10/h3,5,7-9,12H,1-2,4,6H2. The summed E-state index contributed by atoms with van der Waals surface area (Å²) in [6.07, 6.45) is 8.18. The maximum Gasteiger partial charge on any atom is 0.139 e. The minimum Gasteiger partial charge on any atom is -0.316 e. The molecular formula is C11H14N4. The van der Waals surface area contributed by atoms with Crippen molar-refractivity contribution in [3.63, 3.8) is 0 Å². The molecule has 0 spiro atoms. The smallest absolute Gasteiger partial charge is 0.139 e. The molecule has 1 aliphatic heterocycles. The molecule has 0 amide bonds. The fraction of sp³-hybridized carbons (Fsp3) is 0.455. The number of aromatic nitrogens is 3. The van der Waals surface area contributed by atoms with Crippen LogP contribution in [0.15, 0.2) is 24.8 Å². The highest BCUT2D eigenvalue weighted by Crippen LogP contribution is 2.22. The highest BCUT2D eigenvalue weighted by molar-refractivity contribution is 5.38. The Labute approximate surface area is 88.4 Å². The van der Waals surface area contributed by atoms with E-state index in [0.717, 1.165) is 18.7 Å². The van der Waals surface area contributed by atoms with E-state index in [9.17, 15) is 0 Å². The Hall–Kier alpha value is -1.42. The number of hydrogen-bond donors (Lipinski definition) is 1. The first-order valence-electron chi connectivity index (χ1n) is 5.43. The number of hydrogen-bond acceptors (Lipinski definition) is 3. The summed E-state index contributed by atoms with van der Waals surface area (Å²) in [5, 5.41) is 3.41. The SMILES string of the molecule is c1cc2nc(C3CCCNC3)cn2cn1. The van der Waals surface area contributed by atoms with E-state index in [1.54, 1.807) is 6.20 Å². The summed E-state index contributed by atoms with van der Waals surface area (Å²) in [5.41, 5.74) is 2.18. The summed E-state index contributed by atoms with van der Waals surface area (Å²) in [7, 11) is 0. The van der Waals surface area contributed by atoms with Gasteiger partial charge < -0.3 is 5.32 Å². The van der Waals surface area contributed by atoms with E-state index in [-0.39, 0.29) is 0 Å². The molecule has 2 aromatic heterocycles. The Morgan fingerprint density at radius 2 is 2.47 bits per heavy atom. The Kier molecular flexibility index (Phi) is 2.14. The van der Waals surface area contributed by atoms with E-state index in [0.29, 0.717) is 5.92 Å². The third-order valence-electron chi connectivity index (χ3n) is 3.00. The van der Waals surface area contributed by atoms with Gasteiger partial charge in [0.2, 0.25) is 0 Å². The Morgan fingerprint density at radius 3 is 3.27 bits per heavy atom. The van der Waals surface area contributed by atoms with Gasteiger partial charge in [0.15, 0.2) is 0 Å². The second kappa shape index (κ2) is 3.62. The molecule has 78 valence electrons. The molecule has 3 heterocycles. The van der Waals surface area contributed by atoms with Gasteiger partial charge in [0.25, 0.3) is 0 Å². The summed E-state index contributed by atoms with van der Waals surface area (Å²) < 4.78 is 1.99. The minimum absolute atomic E-state index is 0.568. The van der Waals surface area contributed by atoms with E-state index < -0.39 is 0 Å². The zero-order valence-corrected chi connectivity index (χ0v) is 8.56. The van der Waals surface area contributed by atoms with Crippen LogP contribution in [0.5, 0.6) is 0 Å². The van der Waals surface area contributed by atoms with E-state index in [1.807, 2.05) is 16.8 Å². The van der Waals surface area contributed by atoms with Crippen LogP contribution in [-0.2, 0) is 0 Å². The van der Waals surface area contributed by atoms with Gasteiger partial charge in [0, 0.05) is 24.9 Å². The summed E-state index contributed by atoms with van der Waals surface area (Å²) in [4.78, 5) is 8.70. The van der Waals surface area contributed by atoms with Crippen molar-refractivity contribution in [2.45, 2.75) is 18.8 Å². The van der Waals surface area contributed by atoms with E-state index >= 15 is 0 Å². The van der Waals surface area contributed by atoms with Gasteiger partial charge in [-0.3, -0.25) is 4.40 Å². The molecule has 1 N–H and O–H groups in total. The molecule has 1 saturated heterocycles. The van der Waals surface area contributed by atoms with Gasteiger partial charge in [0.1, 0.15) is 12.0 Å². The zero-order valence-electron chi connectivity index (χ0n) is 8.56. The monoisotopic (exact) mass is 202 g/mol. The summed E-state index contributed by atoms with van der Waals surface area (Å²) in [6.45, 7) is 2.20. The Morgan fingerprint density at radius 1 is 1.47 bits per heavy atom. The maximum absolute atomic E-state index is 4.62. The number of nitrogens with zero attached hydrogens (tertiary/aromatic N) is 3. The van der Waals surface area contributed by atoms with E-state index in [2.05, 4.69) is 21.5 Å². The fourth-order valence-corrected chi connectivity index (χ4v) is 2.16. The number of fused-ring (bicyclic) bond motifs is 1. The van der Waals surface area contributed by atoms with Gasteiger partial charge in [0.05, 0.1) is 5.69 Å². The van der Waals surface area contributed by atoms with Crippen molar-refractivity contribution in [2.75, 3.05) is 13.1 Å². The van der Waals surface area contributed by atoms with Crippen LogP contribution in [0.25, 0.3) is 5.65 Å². The van der Waals surface area contributed by atoms with Crippen molar-refractivity contribution in [3.05, 3.63) is 30.5 Å². The zero-order chi connectivity index (χ0) is 10.1. The molecule has 1 unspecified atom stereocenters. The van der Waals surface area contributed by atoms with Gasteiger partial charge in [-0.05, 0) is 25.5 Å². The highest BCUT2D eigenvalue weighted by Gasteiger charge is 2.17. The lowest BCUT2D eigenvalue weighted by atomic mass is 9.97. The molecular weight excluding hydrogens is 188 g/mol. The average molecular weight is 202 g/mol. The van der Waals surface area contributed by atoms with Crippen molar-refractivity contribution < 1.29 is 0 Å². The van der Waals surface area contributed by atoms with Crippen LogP contribution >= 0.6 is 0 Å². The molecule has 1 fully saturated rings. The molecule has 0 aromatic carbocycles. The van der Waals surface area contributed by atoms with Crippen LogP contribution in [0.2, 0.25) is 0 Å². The van der Waals surface area contributed by atoms with Crippen molar-refractivity contribution in [1.29, 1.82) is 0 Å². The lowest BCUT2D eigenvalue weighted by molar-refractivity contribution is 0.456. The molecule has 3 rings (SSSR count). The highest BCUT2D eigenvalue weighted by atomic mass is 15.0. The quantitative estimate of drug-likeness (QED) is 0.755. The molecule has 4 heteroatoms. The third kappa shape index (κ3) is 1.61. The molecule has 0 saturated carbocycles. The topological polar surface area (TPSA) is 42.2 Å². The Balaban J connectivity index is 1.96. The molecule has 4 nitrogen and oxygen atoms in total. The molecule has 0 bridgehead atoms. The largest absolute Gasteiger partial charge is 0.316 e. The van der Waals surface area contributed by atoms with Crippen LogP contribution in [0.1, 0.15) is 24.5 Å². The number of nitrogens with one attached hydrogen (secondary N) is 1. The predicted octanol–water partition coefficient (Wildman–Crippen LogP) is 1.20. The van der Waals surface area contributed by atoms with Gasteiger partial charge in [-0.2, -0.15) is 0 Å².